The molecule has 1 amide bonds. The van der Waals surface area contributed by atoms with Gasteiger partial charge in [0.05, 0.1) is 18.0 Å². The summed E-state index contributed by atoms with van der Waals surface area (Å²) in [5, 5.41) is 10.2. The Labute approximate surface area is 131 Å². The largest absolute Gasteiger partial charge is 0.495 e. The number of anilines is 1. The highest BCUT2D eigenvalue weighted by molar-refractivity contribution is 8.00. The minimum absolute atomic E-state index is 0.224. The van der Waals surface area contributed by atoms with Crippen molar-refractivity contribution in [2.24, 2.45) is 0 Å². The van der Waals surface area contributed by atoms with Crippen LogP contribution in [0.2, 0.25) is 0 Å². The topological polar surface area (TPSA) is 97.0 Å². The molecule has 2 aromatic rings. The van der Waals surface area contributed by atoms with Crippen molar-refractivity contribution in [1.82, 2.24) is 15.2 Å². The molecule has 1 heterocycles. The first-order chi connectivity index (χ1) is 10.5. The van der Waals surface area contributed by atoms with Crippen LogP contribution in [0.4, 0.5) is 5.69 Å². The van der Waals surface area contributed by atoms with Crippen LogP contribution in [0.5, 0.6) is 5.75 Å². The first-order valence-corrected chi connectivity index (χ1v) is 7.43. The van der Waals surface area contributed by atoms with E-state index in [2.05, 4.69) is 20.5 Å². The molecule has 0 saturated heterocycles. The number of aryl methyl sites for hydroxylation is 1. The third-order valence-electron chi connectivity index (χ3n) is 2.86. The Balaban J connectivity index is 2.05. The first-order valence-electron chi connectivity index (χ1n) is 6.55. The third-order valence-corrected chi connectivity index (χ3v) is 3.84. The quantitative estimate of drug-likeness (QED) is 0.812. The van der Waals surface area contributed by atoms with Crippen LogP contribution in [0.3, 0.4) is 0 Å². The van der Waals surface area contributed by atoms with Crippen LogP contribution < -0.4 is 15.6 Å². The molecule has 0 spiro atoms. The van der Waals surface area contributed by atoms with Gasteiger partial charge in [0.1, 0.15) is 11.4 Å². The lowest BCUT2D eigenvalue weighted by molar-refractivity contribution is -0.115. The molecule has 0 aliphatic rings. The fourth-order valence-corrected chi connectivity index (χ4v) is 2.38. The zero-order valence-corrected chi connectivity index (χ0v) is 13.2. The van der Waals surface area contributed by atoms with Crippen LogP contribution in [0.1, 0.15) is 12.6 Å². The van der Waals surface area contributed by atoms with Gasteiger partial charge in [-0.05, 0) is 26.0 Å². The highest BCUT2D eigenvalue weighted by Crippen LogP contribution is 2.25. The number of nitrogens with zero attached hydrogens (tertiary/aromatic N) is 2. The molecule has 0 aliphatic heterocycles. The van der Waals surface area contributed by atoms with Crippen molar-refractivity contribution in [3.05, 3.63) is 40.3 Å². The Kier molecular flexibility index (Phi) is 5.16. The molecule has 0 radical (unpaired) electrons. The Bertz CT molecular complexity index is 732. The summed E-state index contributed by atoms with van der Waals surface area (Å²) in [6, 6.07) is 7.14. The number of nitrogens with one attached hydrogen (secondary N) is 2. The molecule has 22 heavy (non-hydrogen) atoms. The number of carbonyl (C=O) groups excluding carboxylic acids is 1. The van der Waals surface area contributed by atoms with Crippen LogP contribution in [0.15, 0.2) is 34.2 Å². The van der Waals surface area contributed by atoms with Gasteiger partial charge in [-0.15, -0.1) is 10.2 Å². The predicted octanol–water partition coefficient (Wildman–Crippen LogP) is 1.60. The van der Waals surface area contributed by atoms with E-state index in [-0.39, 0.29) is 17.2 Å². The number of carbonyl (C=O) groups is 1. The number of rotatable bonds is 5. The van der Waals surface area contributed by atoms with Crippen molar-refractivity contribution in [1.29, 1.82) is 0 Å². The van der Waals surface area contributed by atoms with Crippen molar-refractivity contribution in [2.45, 2.75) is 24.3 Å². The van der Waals surface area contributed by atoms with Gasteiger partial charge in [-0.1, -0.05) is 23.9 Å². The van der Waals surface area contributed by atoms with E-state index in [9.17, 15) is 9.59 Å². The monoisotopic (exact) mass is 320 g/mol. The lowest BCUT2D eigenvalue weighted by Crippen LogP contribution is -2.24. The van der Waals surface area contributed by atoms with Gasteiger partial charge in [0.2, 0.25) is 5.91 Å². The van der Waals surface area contributed by atoms with Gasteiger partial charge in [-0.25, -0.2) is 0 Å². The maximum Gasteiger partial charge on any atom is 0.273 e. The van der Waals surface area contributed by atoms with Crippen molar-refractivity contribution in [2.75, 3.05) is 12.4 Å². The fraction of sp³-hybridized carbons (Fsp3) is 0.286. The van der Waals surface area contributed by atoms with Crippen LogP contribution >= 0.6 is 11.8 Å². The molecule has 0 saturated carbocycles. The average molecular weight is 320 g/mol. The highest BCUT2D eigenvalue weighted by atomic mass is 32.2. The van der Waals surface area contributed by atoms with Gasteiger partial charge >= 0.3 is 0 Å². The minimum Gasteiger partial charge on any atom is -0.495 e. The number of hydrogen-bond acceptors (Lipinski definition) is 6. The predicted molar refractivity (Wildman–Crippen MR) is 84.3 cm³/mol. The van der Waals surface area contributed by atoms with E-state index in [0.717, 1.165) is 11.8 Å². The van der Waals surface area contributed by atoms with Gasteiger partial charge in [0, 0.05) is 0 Å². The lowest BCUT2D eigenvalue weighted by Gasteiger charge is -2.13. The number of aromatic amines is 1. The Morgan fingerprint density at radius 1 is 1.36 bits per heavy atom. The van der Waals surface area contributed by atoms with E-state index < -0.39 is 5.25 Å². The standard InChI is InChI=1S/C14H16N4O3S/c1-8-12(19)16-14(18-17-8)22-9(2)13(20)15-10-6-4-5-7-11(10)21-3/h4-7,9H,1-3H3,(H,15,20)(H,16,18,19)/t9-/m1/s1. The molecule has 1 aromatic carbocycles. The summed E-state index contributed by atoms with van der Waals surface area (Å²) in [7, 11) is 1.54. The number of benzene rings is 1. The smallest absolute Gasteiger partial charge is 0.273 e. The number of methoxy groups -OCH3 is 1. The van der Waals surface area contributed by atoms with Crippen molar-refractivity contribution in [3.8, 4) is 5.75 Å². The Morgan fingerprint density at radius 2 is 2.09 bits per heavy atom. The maximum absolute atomic E-state index is 12.2. The third kappa shape index (κ3) is 3.85. The molecular formula is C14H16N4O3S. The number of ether oxygens (including phenoxy) is 1. The van der Waals surface area contributed by atoms with Gasteiger partial charge in [-0.2, -0.15) is 0 Å². The first kappa shape index (κ1) is 16.0. The normalized spacial score (nSPS) is 11.8. The number of amides is 1. The second-order valence-corrected chi connectivity index (χ2v) is 5.82. The lowest BCUT2D eigenvalue weighted by atomic mass is 10.3. The molecule has 0 unspecified atom stereocenters. The van der Waals surface area contributed by atoms with Crippen molar-refractivity contribution in [3.63, 3.8) is 0 Å². The molecule has 2 rings (SSSR count). The van der Waals surface area contributed by atoms with E-state index >= 15 is 0 Å². The van der Waals surface area contributed by atoms with Gasteiger partial charge in [0.15, 0.2) is 5.16 Å². The molecule has 1 aromatic heterocycles. The summed E-state index contributed by atoms with van der Waals surface area (Å²) in [6.45, 7) is 3.29. The zero-order valence-electron chi connectivity index (χ0n) is 12.4. The van der Waals surface area contributed by atoms with Gasteiger partial charge < -0.3 is 10.1 Å². The molecule has 116 valence electrons. The Morgan fingerprint density at radius 3 is 2.77 bits per heavy atom. The summed E-state index contributed by atoms with van der Waals surface area (Å²) < 4.78 is 5.18. The SMILES string of the molecule is COc1ccccc1NC(=O)[C@@H](C)Sc1nnc(C)c(=O)[nH]1. The van der Waals surface area contributed by atoms with E-state index in [0.29, 0.717) is 16.6 Å². The molecule has 0 aliphatic carbocycles. The number of aromatic nitrogens is 3. The van der Waals surface area contributed by atoms with E-state index in [1.807, 2.05) is 6.07 Å². The van der Waals surface area contributed by atoms with E-state index in [1.54, 1.807) is 32.0 Å². The second kappa shape index (κ2) is 7.08. The number of thioether (sulfide) groups is 1. The van der Waals surface area contributed by atoms with Crippen LogP contribution in [0, 0.1) is 6.92 Å². The van der Waals surface area contributed by atoms with Crippen LogP contribution in [-0.2, 0) is 4.79 Å². The fourth-order valence-electron chi connectivity index (χ4n) is 1.63. The zero-order chi connectivity index (χ0) is 16.1. The summed E-state index contributed by atoms with van der Waals surface area (Å²) in [6.07, 6.45) is 0. The number of hydrogen-bond donors (Lipinski definition) is 2. The van der Waals surface area contributed by atoms with Crippen LogP contribution in [0.25, 0.3) is 0 Å². The Hall–Kier alpha value is -2.35. The van der Waals surface area contributed by atoms with Gasteiger partial charge in [-0.3, -0.25) is 14.6 Å². The minimum atomic E-state index is -0.461. The van der Waals surface area contributed by atoms with Gasteiger partial charge in [0.25, 0.3) is 5.56 Å². The molecule has 0 fully saturated rings. The molecular weight excluding hydrogens is 304 g/mol. The van der Waals surface area contributed by atoms with Crippen molar-refractivity contribution < 1.29 is 9.53 Å². The highest BCUT2D eigenvalue weighted by Gasteiger charge is 2.17. The van der Waals surface area contributed by atoms with E-state index in [1.165, 1.54) is 7.11 Å². The molecule has 0 bridgehead atoms. The number of para-hydroxylation sites is 2. The summed E-state index contributed by atoms with van der Waals surface area (Å²) in [5.41, 5.74) is 0.566. The van der Waals surface area contributed by atoms with Crippen molar-refractivity contribution >= 4 is 23.4 Å². The molecule has 8 heteroatoms. The second-order valence-electron chi connectivity index (χ2n) is 4.49. The number of H-pyrrole nitrogens is 1. The molecule has 2 N–H and O–H groups in total. The molecule has 7 nitrogen and oxygen atoms in total. The average Bonchev–Trinajstić information content (AvgIpc) is 2.51. The summed E-state index contributed by atoms with van der Waals surface area (Å²) in [5.74, 6) is 0.356. The van der Waals surface area contributed by atoms with E-state index in [4.69, 9.17) is 4.74 Å². The summed E-state index contributed by atoms with van der Waals surface area (Å²) >= 11 is 1.13. The van der Waals surface area contributed by atoms with Crippen LogP contribution in [-0.4, -0.2) is 33.4 Å². The summed E-state index contributed by atoms with van der Waals surface area (Å²) in [4.78, 5) is 26.3. The molecule has 1 atom stereocenters. The maximum atomic E-state index is 12.2.